The molecule has 0 aliphatic heterocycles. The van der Waals surface area contributed by atoms with Crippen molar-refractivity contribution in [2.24, 2.45) is 0 Å². The lowest BCUT2D eigenvalue weighted by Gasteiger charge is -2.11. The molecule has 0 atom stereocenters. The maximum absolute atomic E-state index is 12.3. The fourth-order valence-corrected chi connectivity index (χ4v) is 3.16. The highest BCUT2D eigenvalue weighted by molar-refractivity contribution is 7.80. The molecule has 0 spiro atoms. The molecule has 150 valence electrons. The van der Waals surface area contributed by atoms with Crippen LogP contribution in [-0.4, -0.2) is 29.2 Å². The highest BCUT2D eigenvalue weighted by Gasteiger charge is 2.07. The van der Waals surface area contributed by atoms with Crippen molar-refractivity contribution in [3.05, 3.63) is 75.6 Å². The molecule has 0 saturated heterocycles. The molecule has 3 aromatic rings. The van der Waals surface area contributed by atoms with E-state index < -0.39 is 0 Å². The molecule has 0 amide bonds. The molecule has 0 bridgehead atoms. The van der Waals surface area contributed by atoms with Crippen LogP contribution in [0.15, 0.2) is 53.3 Å². The summed E-state index contributed by atoms with van der Waals surface area (Å²) in [6, 6.07) is 14.8. The number of hydrogen-bond donors (Lipinski definition) is 3. The molecular weight excluding hydrogens is 386 g/mol. The van der Waals surface area contributed by atoms with E-state index in [2.05, 4.69) is 15.6 Å². The van der Waals surface area contributed by atoms with E-state index in [9.17, 15) is 9.59 Å². The van der Waals surface area contributed by atoms with Gasteiger partial charge in [0.05, 0.1) is 12.2 Å². The van der Waals surface area contributed by atoms with Crippen molar-refractivity contribution in [1.82, 2.24) is 10.3 Å². The monoisotopic (exact) mass is 409 g/mol. The quantitative estimate of drug-likeness (QED) is 0.427. The number of benzene rings is 2. The van der Waals surface area contributed by atoms with Crippen molar-refractivity contribution in [1.29, 1.82) is 0 Å². The molecule has 29 heavy (non-hydrogen) atoms. The number of aryl methyl sites for hydroxylation is 1. The normalized spacial score (nSPS) is 10.6. The van der Waals surface area contributed by atoms with Gasteiger partial charge in [-0.15, -0.1) is 0 Å². The Labute approximate surface area is 174 Å². The Morgan fingerprint density at radius 2 is 1.90 bits per heavy atom. The lowest BCUT2D eigenvalue weighted by atomic mass is 10.1. The Kier molecular flexibility index (Phi) is 6.61. The predicted molar refractivity (Wildman–Crippen MR) is 120 cm³/mol. The molecule has 0 aliphatic rings. The van der Waals surface area contributed by atoms with Gasteiger partial charge in [-0.3, -0.25) is 4.79 Å². The summed E-state index contributed by atoms with van der Waals surface area (Å²) < 4.78 is 4.96. The first-order valence-corrected chi connectivity index (χ1v) is 9.81. The predicted octanol–water partition coefficient (Wildman–Crippen LogP) is 3.54. The van der Waals surface area contributed by atoms with E-state index in [4.69, 9.17) is 17.0 Å². The van der Waals surface area contributed by atoms with E-state index in [1.54, 1.807) is 31.2 Å². The van der Waals surface area contributed by atoms with E-state index in [-0.39, 0.29) is 11.5 Å². The number of nitrogens with one attached hydrogen (secondary N) is 3. The smallest absolute Gasteiger partial charge is 0.338 e. The number of aromatic nitrogens is 1. The summed E-state index contributed by atoms with van der Waals surface area (Å²) in [7, 11) is 0. The van der Waals surface area contributed by atoms with Crippen molar-refractivity contribution >= 4 is 39.9 Å². The van der Waals surface area contributed by atoms with Gasteiger partial charge in [0.2, 0.25) is 0 Å². The Morgan fingerprint density at radius 1 is 1.14 bits per heavy atom. The van der Waals surface area contributed by atoms with Gasteiger partial charge in [-0.2, -0.15) is 0 Å². The topological polar surface area (TPSA) is 83.2 Å². The van der Waals surface area contributed by atoms with Gasteiger partial charge in [0.25, 0.3) is 5.56 Å². The summed E-state index contributed by atoms with van der Waals surface area (Å²) >= 11 is 5.30. The first kappa shape index (κ1) is 20.5. The fraction of sp³-hybridized carbons (Fsp3) is 0.227. The molecule has 3 N–H and O–H groups in total. The second-order valence-electron chi connectivity index (χ2n) is 6.64. The zero-order chi connectivity index (χ0) is 20.8. The SMILES string of the molecule is CCOC(=O)c1ccc(NC(=S)NCCc2cc3ccc(C)cc3[nH]c2=O)cc1. The summed E-state index contributed by atoms with van der Waals surface area (Å²) in [5, 5.41) is 7.61. The van der Waals surface area contributed by atoms with Crippen molar-refractivity contribution in [2.75, 3.05) is 18.5 Å². The third-order valence-electron chi connectivity index (χ3n) is 4.41. The Hall–Kier alpha value is -3.19. The molecule has 7 heteroatoms. The average molecular weight is 410 g/mol. The van der Waals surface area contributed by atoms with Gasteiger partial charge in [-0.1, -0.05) is 12.1 Å². The summed E-state index contributed by atoms with van der Waals surface area (Å²) in [6.07, 6.45) is 0.544. The molecule has 2 aromatic carbocycles. The van der Waals surface area contributed by atoms with Crippen LogP contribution in [0.3, 0.4) is 0 Å². The van der Waals surface area contributed by atoms with Crippen molar-refractivity contribution < 1.29 is 9.53 Å². The van der Waals surface area contributed by atoms with E-state index in [1.165, 1.54) is 0 Å². The molecule has 0 fully saturated rings. The number of rotatable bonds is 6. The average Bonchev–Trinajstić information content (AvgIpc) is 2.69. The minimum absolute atomic E-state index is 0.0849. The first-order valence-electron chi connectivity index (χ1n) is 9.41. The number of H-pyrrole nitrogens is 1. The molecule has 3 rings (SSSR count). The number of thiocarbonyl (C=S) groups is 1. The van der Waals surface area contributed by atoms with Crippen LogP contribution >= 0.6 is 12.2 Å². The van der Waals surface area contributed by atoms with Gasteiger partial charge < -0.3 is 20.4 Å². The number of carbonyl (C=O) groups is 1. The number of ether oxygens (including phenoxy) is 1. The largest absolute Gasteiger partial charge is 0.462 e. The Bertz CT molecular complexity index is 1090. The van der Waals surface area contributed by atoms with E-state index in [1.807, 2.05) is 31.2 Å². The summed E-state index contributed by atoms with van der Waals surface area (Å²) in [5.41, 5.74) is 3.81. The number of aromatic amines is 1. The highest BCUT2D eigenvalue weighted by atomic mass is 32.1. The first-order chi connectivity index (χ1) is 14.0. The minimum Gasteiger partial charge on any atom is -0.462 e. The molecule has 1 aromatic heterocycles. The van der Waals surface area contributed by atoms with Crippen LogP contribution in [0.1, 0.15) is 28.4 Å². The van der Waals surface area contributed by atoms with Crippen molar-refractivity contribution in [3.8, 4) is 0 Å². The molecule has 6 nitrogen and oxygen atoms in total. The maximum Gasteiger partial charge on any atom is 0.338 e. The summed E-state index contributed by atoms with van der Waals surface area (Å²) in [5.74, 6) is -0.351. The van der Waals surface area contributed by atoms with Crippen LogP contribution in [0.4, 0.5) is 5.69 Å². The van der Waals surface area contributed by atoms with Crippen LogP contribution in [0.25, 0.3) is 10.9 Å². The van der Waals surface area contributed by atoms with Crippen LogP contribution in [0.2, 0.25) is 0 Å². The number of anilines is 1. The number of pyridine rings is 1. The van der Waals surface area contributed by atoms with Crippen molar-refractivity contribution in [3.63, 3.8) is 0 Å². The van der Waals surface area contributed by atoms with Gasteiger partial charge in [0.15, 0.2) is 5.11 Å². The number of hydrogen-bond acceptors (Lipinski definition) is 4. The van der Waals surface area contributed by atoms with Gasteiger partial charge in [0, 0.05) is 23.3 Å². The lowest BCUT2D eigenvalue weighted by molar-refractivity contribution is 0.0526. The van der Waals surface area contributed by atoms with Gasteiger partial charge in [-0.25, -0.2) is 4.79 Å². The summed E-state index contributed by atoms with van der Waals surface area (Å²) in [4.78, 5) is 26.9. The number of esters is 1. The molecule has 0 saturated carbocycles. The zero-order valence-electron chi connectivity index (χ0n) is 16.4. The van der Waals surface area contributed by atoms with Crippen LogP contribution in [0.5, 0.6) is 0 Å². The van der Waals surface area contributed by atoms with E-state index >= 15 is 0 Å². The second kappa shape index (κ2) is 9.34. The van der Waals surface area contributed by atoms with Gasteiger partial charge in [-0.05, 0) is 79.8 Å². The van der Waals surface area contributed by atoms with Gasteiger partial charge in [0.1, 0.15) is 0 Å². The minimum atomic E-state index is -0.351. The number of fused-ring (bicyclic) bond motifs is 1. The standard InChI is InChI=1S/C22H23N3O3S/c1-3-28-21(27)15-6-8-18(9-7-15)24-22(29)23-11-10-17-13-16-5-4-14(2)12-19(16)25-20(17)26/h4-9,12-13H,3,10-11H2,1-2H3,(H,25,26)(H2,23,24,29). The zero-order valence-corrected chi connectivity index (χ0v) is 17.2. The maximum atomic E-state index is 12.3. The fourth-order valence-electron chi connectivity index (χ4n) is 2.94. The Balaban J connectivity index is 1.54. The third kappa shape index (κ3) is 5.42. The van der Waals surface area contributed by atoms with E-state index in [0.29, 0.717) is 35.8 Å². The second-order valence-corrected chi connectivity index (χ2v) is 7.05. The van der Waals surface area contributed by atoms with Crippen molar-refractivity contribution in [2.45, 2.75) is 20.3 Å². The molecule has 0 unspecified atom stereocenters. The van der Waals surface area contributed by atoms with E-state index in [0.717, 1.165) is 22.2 Å². The molecule has 1 heterocycles. The number of carbonyl (C=O) groups excluding carboxylic acids is 1. The summed E-state index contributed by atoms with van der Waals surface area (Å²) in [6.45, 7) is 4.62. The molecule has 0 radical (unpaired) electrons. The highest BCUT2D eigenvalue weighted by Crippen LogP contribution is 2.13. The van der Waals surface area contributed by atoms with Crippen LogP contribution < -0.4 is 16.2 Å². The van der Waals surface area contributed by atoms with Crippen LogP contribution in [0, 0.1) is 6.92 Å². The Morgan fingerprint density at radius 3 is 2.62 bits per heavy atom. The van der Waals surface area contributed by atoms with Crippen LogP contribution in [-0.2, 0) is 11.2 Å². The lowest BCUT2D eigenvalue weighted by Crippen LogP contribution is -2.31. The molecular formula is C22H23N3O3S. The third-order valence-corrected chi connectivity index (χ3v) is 4.66. The molecule has 0 aliphatic carbocycles. The van der Waals surface area contributed by atoms with Gasteiger partial charge >= 0.3 is 5.97 Å².